The lowest BCUT2D eigenvalue weighted by molar-refractivity contribution is -0.119. The molecule has 1 aliphatic rings. The highest BCUT2D eigenvalue weighted by Gasteiger charge is 2.22. The highest BCUT2D eigenvalue weighted by molar-refractivity contribution is 6.35. The molecular weight excluding hydrogens is 601 g/mol. The monoisotopic (exact) mass is 635 g/mol. The number of carbonyl (C=O) groups excluding carboxylic acids is 1. The van der Waals surface area contributed by atoms with Crippen molar-refractivity contribution < 1.29 is 23.8 Å². The number of methoxy groups -OCH3 is 2. The number of nitrogens with zero attached hydrogens (tertiary/aromatic N) is 3. The van der Waals surface area contributed by atoms with Gasteiger partial charge in [0.1, 0.15) is 0 Å². The third-order valence-electron chi connectivity index (χ3n) is 7.39. The predicted molar refractivity (Wildman–Crippen MR) is 170 cm³/mol. The first-order valence-electron chi connectivity index (χ1n) is 14.5. The van der Waals surface area contributed by atoms with Crippen LogP contribution in [0.15, 0.2) is 54.9 Å². The van der Waals surface area contributed by atoms with Gasteiger partial charge in [-0.2, -0.15) is 0 Å². The van der Waals surface area contributed by atoms with Crippen LogP contribution in [0.25, 0.3) is 22.5 Å². The molecule has 11 nitrogen and oxygen atoms in total. The van der Waals surface area contributed by atoms with E-state index in [4.69, 9.17) is 31.2 Å². The standard InChI is InChI=1S/C32H35ClFN7O4/c1-44-30-23(4-3-5-25(30)40-31-28(34)19(10-12-38-31)16-35-14-15-42)29-27(33)22(11-13-37-29)24-8-6-20(32(41-24)45-2)17-36-18-21-7-9-26(43)39-21/h3-6,8,10-13,21,35-36,42H,7,9,14-18H2,1-2H3,(H,38,40)(H,39,43)/t21-/m0/s1. The van der Waals surface area contributed by atoms with Crippen LogP contribution in [0.5, 0.6) is 11.6 Å². The zero-order valence-corrected chi connectivity index (χ0v) is 25.7. The van der Waals surface area contributed by atoms with E-state index in [1.165, 1.54) is 13.3 Å². The Morgan fingerprint density at radius 2 is 1.84 bits per heavy atom. The van der Waals surface area contributed by atoms with Gasteiger partial charge in [0, 0.05) is 73.3 Å². The Morgan fingerprint density at radius 1 is 1.02 bits per heavy atom. The maximum Gasteiger partial charge on any atom is 0.220 e. The summed E-state index contributed by atoms with van der Waals surface area (Å²) < 4.78 is 26.6. The van der Waals surface area contributed by atoms with Crippen molar-refractivity contribution >= 4 is 29.0 Å². The highest BCUT2D eigenvalue weighted by atomic mass is 35.5. The van der Waals surface area contributed by atoms with Crippen molar-refractivity contribution in [1.82, 2.24) is 30.9 Å². The maximum atomic E-state index is 15.3. The number of hydrogen-bond acceptors (Lipinski definition) is 10. The third kappa shape index (κ3) is 7.48. The molecule has 1 atom stereocenters. The van der Waals surface area contributed by atoms with E-state index >= 15 is 4.39 Å². The molecule has 0 spiro atoms. The molecule has 0 bridgehead atoms. The topological polar surface area (TPSA) is 143 Å². The van der Waals surface area contributed by atoms with Gasteiger partial charge in [-0.25, -0.2) is 14.4 Å². The van der Waals surface area contributed by atoms with Crippen LogP contribution >= 0.6 is 11.6 Å². The molecule has 5 rings (SSSR count). The van der Waals surface area contributed by atoms with E-state index in [0.717, 1.165) is 12.0 Å². The molecule has 4 aromatic rings. The number of rotatable bonds is 14. The molecule has 1 aliphatic heterocycles. The van der Waals surface area contributed by atoms with Crippen molar-refractivity contribution in [3.63, 3.8) is 0 Å². The number of ether oxygens (including phenoxy) is 2. The average Bonchev–Trinajstić information content (AvgIpc) is 3.47. The minimum absolute atomic E-state index is 0.0282. The SMILES string of the molecule is COc1nc(-c2ccnc(-c3cccc(Nc4nccc(CNCCO)c4F)c3OC)c2Cl)ccc1CNC[C@@H]1CCC(=O)N1. The normalized spacial score (nSPS) is 14.3. The number of pyridine rings is 3. The number of aliphatic hydroxyl groups is 1. The molecule has 1 saturated heterocycles. The van der Waals surface area contributed by atoms with Crippen LogP contribution < -0.4 is 30.7 Å². The molecule has 4 heterocycles. The Hall–Kier alpha value is -4.36. The number of aliphatic hydroxyl groups excluding tert-OH is 1. The van der Waals surface area contributed by atoms with Crippen LogP contribution in [0.3, 0.4) is 0 Å². The Morgan fingerprint density at radius 3 is 2.60 bits per heavy atom. The number of amides is 1. The fourth-order valence-corrected chi connectivity index (χ4v) is 5.46. The molecule has 236 valence electrons. The Bertz CT molecular complexity index is 1660. The van der Waals surface area contributed by atoms with Gasteiger partial charge in [-0.15, -0.1) is 0 Å². The second-order valence-corrected chi connectivity index (χ2v) is 10.7. The summed E-state index contributed by atoms with van der Waals surface area (Å²) in [6.45, 7) is 1.71. The quantitative estimate of drug-likeness (QED) is 0.128. The van der Waals surface area contributed by atoms with Gasteiger partial charge in [0.15, 0.2) is 17.4 Å². The van der Waals surface area contributed by atoms with Crippen LogP contribution in [-0.4, -0.2) is 65.9 Å². The largest absolute Gasteiger partial charge is 0.494 e. The summed E-state index contributed by atoms with van der Waals surface area (Å²) in [5.74, 6) is 0.453. The zero-order valence-electron chi connectivity index (χ0n) is 25.0. The highest BCUT2D eigenvalue weighted by Crippen LogP contribution is 2.42. The van der Waals surface area contributed by atoms with Crippen molar-refractivity contribution in [3.05, 3.63) is 76.8 Å². The molecule has 13 heteroatoms. The number of carbonyl (C=O) groups is 1. The summed E-state index contributed by atoms with van der Waals surface area (Å²) in [7, 11) is 3.08. The van der Waals surface area contributed by atoms with Gasteiger partial charge in [-0.05, 0) is 36.8 Å². The number of benzene rings is 1. The van der Waals surface area contributed by atoms with Crippen LogP contribution in [0.2, 0.25) is 5.02 Å². The molecule has 1 aromatic carbocycles. The van der Waals surface area contributed by atoms with Crippen molar-refractivity contribution in [1.29, 1.82) is 0 Å². The first-order chi connectivity index (χ1) is 21.9. The Labute approximate surface area is 265 Å². The number of aromatic nitrogens is 3. The van der Waals surface area contributed by atoms with E-state index in [9.17, 15) is 4.79 Å². The zero-order chi connectivity index (χ0) is 31.8. The summed E-state index contributed by atoms with van der Waals surface area (Å²) in [4.78, 5) is 24.9. The molecule has 0 aliphatic carbocycles. The van der Waals surface area contributed by atoms with E-state index in [0.29, 0.717) is 76.5 Å². The summed E-state index contributed by atoms with van der Waals surface area (Å²) in [5, 5.41) is 21.7. The van der Waals surface area contributed by atoms with Crippen molar-refractivity contribution in [2.75, 3.05) is 39.2 Å². The molecule has 0 radical (unpaired) electrons. The van der Waals surface area contributed by atoms with Crippen molar-refractivity contribution in [2.24, 2.45) is 0 Å². The Kier molecular flexibility index (Phi) is 10.7. The predicted octanol–water partition coefficient (Wildman–Crippen LogP) is 4.21. The fraction of sp³-hybridized carbons (Fsp3) is 0.312. The minimum Gasteiger partial charge on any atom is -0.494 e. The van der Waals surface area contributed by atoms with E-state index in [-0.39, 0.29) is 30.9 Å². The maximum absolute atomic E-state index is 15.3. The number of nitrogens with one attached hydrogen (secondary N) is 4. The lowest BCUT2D eigenvalue weighted by Crippen LogP contribution is -2.35. The van der Waals surface area contributed by atoms with Crippen LogP contribution in [0.1, 0.15) is 24.0 Å². The van der Waals surface area contributed by atoms with Gasteiger partial charge in [0.05, 0.1) is 42.9 Å². The van der Waals surface area contributed by atoms with Gasteiger partial charge in [0.2, 0.25) is 11.8 Å². The van der Waals surface area contributed by atoms with Gasteiger partial charge >= 0.3 is 0 Å². The van der Waals surface area contributed by atoms with Crippen molar-refractivity contribution in [3.8, 4) is 34.1 Å². The first-order valence-corrected chi connectivity index (χ1v) is 14.9. The van der Waals surface area contributed by atoms with Gasteiger partial charge in [-0.1, -0.05) is 23.7 Å². The van der Waals surface area contributed by atoms with E-state index in [1.807, 2.05) is 18.2 Å². The lowest BCUT2D eigenvalue weighted by atomic mass is 10.0. The van der Waals surface area contributed by atoms with Gasteiger partial charge < -0.3 is 35.8 Å². The molecular formula is C32H35ClFN7O4. The molecule has 3 aromatic heterocycles. The lowest BCUT2D eigenvalue weighted by Gasteiger charge is -2.17. The molecule has 45 heavy (non-hydrogen) atoms. The fourth-order valence-electron chi connectivity index (χ4n) is 5.15. The first kappa shape index (κ1) is 32.0. The molecule has 0 saturated carbocycles. The van der Waals surface area contributed by atoms with Crippen LogP contribution in [-0.2, 0) is 17.9 Å². The third-order valence-corrected chi connectivity index (χ3v) is 7.77. The number of hydrogen-bond donors (Lipinski definition) is 5. The van der Waals surface area contributed by atoms with Crippen LogP contribution in [0.4, 0.5) is 15.9 Å². The van der Waals surface area contributed by atoms with Crippen molar-refractivity contribution in [2.45, 2.75) is 32.0 Å². The number of halogens is 2. The second-order valence-electron chi connectivity index (χ2n) is 10.4. The summed E-state index contributed by atoms with van der Waals surface area (Å²) >= 11 is 6.97. The average molecular weight is 636 g/mol. The van der Waals surface area contributed by atoms with E-state index < -0.39 is 5.82 Å². The van der Waals surface area contributed by atoms with Crippen LogP contribution in [0, 0.1) is 5.82 Å². The number of para-hydroxylation sites is 1. The summed E-state index contributed by atoms with van der Waals surface area (Å²) in [6.07, 6.45) is 4.52. The molecule has 5 N–H and O–H groups in total. The van der Waals surface area contributed by atoms with Gasteiger partial charge in [-0.3, -0.25) is 9.78 Å². The smallest absolute Gasteiger partial charge is 0.220 e. The number of anilines is 2. The van der Waals surface area contributed by atoms with E-state index in [2.05, 4.69) is 31.2 Å². The second kappa shape index (κ2) is 15.1. The van der Waals surface area contributed by atoms with Gasteiger partial charge in [0.25, 0.3) is 0 Å². The minimum atomic E-state index is -0.516. The summed E-state index contributed by atoms with van der Waals surface area (Å²) in [5.41, 5.74) is 4.02. The molecule has 0 unspecified atom stereocenters. The Balaban J connectivity index is 1.39. The summed E-state index contributed by atoms with van der Waals surface area (Å²) in [6, 6.07) is 12.6. The van der Waals surface area contributed by atoms with E-state index in [1.54, 1.807) is 37.6 Å². The molecule has 1 amide bonds. The molecule has 1 fully saturated rings.